The Morgan fingerprint density at radius 2 is 2.10 bits per heavy atom. The number of morpholine rings is 1. The molecule has 1 atom stereocenters. The van der Waals surface area contributed by atoms with Gasteiger partial charge in [0.15, 0.2) is 6.29 Å². The van der Waals surface area contributed by atoms with Crippen molar-refractivity contribution in [3.63, 3.8) is 0 Å². The number of ether oxygens (including phenoxy) is 3. The van der Waals surface area contributed by atoms with Gasteiger partial charge in [-0.25, -0.2) is 0 Å². The Bertz CT molecular complexity index is 468. The van der Waals surface area contributed by atoms with Crippen molar-refractivity contribution in [2.45, 2.75) is 12.3 Å². The highest BCUT2D eigenvalue weighted by Crippen LogP contribution is 2.25. The molecule has 0 radical (unpaired) electrons. The van der Waals surface area contributed by atoms with E-state index in [0.717, 1.165) is 11.3 Å². The SMILES string of the molecule is O=C(Nc1cccc(C2OCCO2)c1)C1COCCN1. The fraction of sp³-hybridized carbons (Fsp3) is 0.500. The molecule has 2 saturated heterocycles. The highest BCUT2D eigenvalue weighted by Gasteiger charge is 2.22. The van der Waals surface area contributed by atoms with Crippen LogP contribution in [0.4, 0.5) is 5.69 Å². The van der Waals surface area contributed by atoms with Gasteiger partial charge in [-0.3, -0.25) is 4.79 Å². The first-order valence-electron chi connectivity index (χ1n) is 6.78. The Labute approximate surface area is 117 Å². The van der Waals surface area contributed by atoms with Crippen molar-refractivity contribution in [3.8, 4) is 0 Å². The molecule has 0 saturated carbocycles. The topological polar surface area (TPSA) is 68.8 Å². The third kappa shape index (κ3) is 3.16. The van der Waals surface area contributed by atoms with Gasteiger partial charge < -0.3 is 24.8 Å². The van der Waals surface area contributed by atoms with Crippen LogP contribution in [0, 0.1) is 0 Å². The predicted octanol–water partition coefficient (Wildman–Crippen LogP) is 0.659. The van der Waals surface area contributed by atoms with E-state index >= 15 is 0 Å². The fourth-order valence-corrected chi connectivity index (χ4v) is 2.28. The second kappa shape index (κ2) is 6.32. The maximum absolute atomic E-state index is 12.1. The number of amides is 1. The lowest BCUT2D eigenvalue weighted by atomic mass is 10.2. The molecule has 1 aromatic rings. The summed E-state index contributed by atoms with van der Waals surface area (Å²) in [4.78, 5) is 12.1. The zero-order valence-electron chi connectivity index (χ0n) is 11.1. The van der Waals surface area contributed by atoms with Crippen molar-refractivity contribution in [2.24, 2.45) is 0 Å². The minimum absolute atomic E-state index is 0.0879. The standard InChI is InChI=1S/C14H18N2O4/c17-13(12-9-18-5-4-15-12)16-11-3-1-2-10(8-11)14-19-6-7-20-14/h1-3,8,12,14-15H,4-7,9H2,(H,16,17). The summed E-state index contributed by atoms with van der Waals surface area (Å²) in [5.41, 5.74) is 1.65. The van der Waals surface area contributed by atoms with E-state index in [1.54, 1.807) is 0 Å². The zero-order valence-corrected chi connectivity index (χ0v) is 11.1. The first-order chi connectivity index (χ1) is 9.83. The lowest BCUT2D eigenvalue weighted by molar-refractivity contribution is -0.120. The molecule has 2 aliphatic heterocycles. The van der Waals surface area contributed by atoms with E-state index in [-0.39, 0.29) is 18.2 Å². The summed E-state index contributed by atoms with van der Waals surface area (Å²) in [5.74, 6) is -0.0879. The van der Waals surface area contributed by atoms with Crippen molar-refractivity contribution in [1.29, 1.82) is 0 Å². The highest BCUT2D eigenvalue weighted by molar-refractivity contribution is 5.95. The van der Waals surface area contributed by atoms with E-state index in [2.05, 4.69) is 10.6 Å². The van der Waals surface area contributed by atoms with E-state index in [4.69, 9.17) is 14.2 Å². The second-order valence-corrected chi connectivity index (χ2v) is 4.77. The summed E-state index contributed by atoms with van der Waals surface area (Å²) in [7, 11) is 0. The van der Waals surface area contributed by atoms with Crippen LogP contribution in [0.25, 0.3) is 0 Å². The number of hydrogen-bond acceptors (Lipinski definition) is 5. The molecule has 2 heterocycles. The molecule has 0 aromatic heterocycles. The van der Waals surface area contributed by atoms with Gasteiger partial charge in [0, 0.05) is 17.8 Å². The van der Waals surface area contributed by atoms with Crippen molar-refractivity contribution < 1.29 is 19.0 Å². The molecule has 0 spiro atoms. The van der Waals surface area contributed by atoms with Crippen molar-refractivity contribution in [2.75, 3.05) is 38.3 Å². The van der Waals surface area contributed by atoms with E-state index in [0.29, 0.717) is 33.0 Å². The van der Waals surface area contributed by atoms with Crippen LogP contribution in [0.2, 0.25) is 0 Å². The molecule has 0 bridgehead atoms. The maximum Gasteiger partial charge on any atom is 0.243 e. The fourth-order valence-electron chi connectivity index (χ4n) is 2.28. The van der Waals surface area contributed by atoms with Gasteiger partial charge in [0.05, 0.1) is 26.4 Å². The first kappa shape index (κ1) is 13.5. The van der Waals surface area contributed by atoms with Gasteiger partial charge in [-0.1, -0.05) is 12.1 Å². The van der Waals surface area contributed by atoms with Gasteiger partial charge in [0.2, 0.25) is 5.91 Å². The average molecular weight is 278 g/mol. The minimum Gasteiger partial charge on any atom is -0.378 e. The first-order valence-corrected chi connectivity index (χ1v) is 6.78. The number of anilines is 1. The van der Waals surface area contributed by atoms with Gasteiger partial charge in [-0.2, -0.15) is 0 Å². The molecule has 2 N–H and O–H groups in total. The Hall–Kier alpha value is -1.47. The summed E-state index contributed by atoms with van der Waals surface area (Å²) in [6.07, 6.45) is -0.331. The Morgan fingerprint density at radius 1 is 1.25 bits per heavy atom. The van der Waals surface area contributed by atoms with Crippen LogP contribution in [0.3, 0.4) is 0 Å². The normalized spacial score (nSPS) is 23.7. The van der Waals surface area contributed by atoms with E-state index in [9.17, 15) is 4.79 Å². The second-order valence-electron chi connectivity index (χ2n) is 4.77. The van der Waals surface area contributed by atoms with Crippen LogP contribution in [0.5, 0.6) is 0 Å². The predicted molar refractivity (Wildman–Crippen MR) is 72.3 cm³/mol. The largest absolute Gasteiger partial charge is 0.378 e. The molecule has 1 aromatic carbocycles. The van der Waals surface area contributed by atoms with E-state index < -0.39 is 0 Å². The van der Waals surface area contributed by atoms with Crippen molar-refractivity contribution in [1.82, 2.24) is 5.32 Å². The molecule has 2 aliphatic rings. The summed E-state index contributed by atoms with van der Waals surface area (Å²) >= 11 is 0. The van der Waals surface area contributed by atoms with Crippen molar-refractivity contribution >= 4 is 11.6 Å². The molecule has 1 unspecified atom stereocenters. The van der Waals surface area contributed by atoms with Crippen LogP contribution < -0.4 is 10.6 Å². The Morgan fingerprint density at radius 3 is 2.85 bits per heavy atom. The molecule has 0 aliphatic carbocycles. The number of carbonyl (C=O) groups excluding carboxylic acids is 1. The smallest absolute Gasteiger partial charge is 0.243 e. The molecular formula is C14H18N2O4. The van der Waals surface area contributed by atoms with Gasteiger partial charge in [0.25, 0.3) is 0 Å². The summed E-state index contributed by atoms with van der Waals surface area (Å²) in [6, 6.07) is 7.22. The molecule has 108 valence electrons. The lowest BCUT2D eigenvalue weighted by Gasteiger charge is -2.23. The third-order valence-corrected chi connectivity index (χ3v) is 3.29. The minimum atomic E-state index is -0.331. The van der Waals surface area contributed by atoms with Crippen molar-refractivity contribution in [3.05, 3.63) is 29.8 Å². The number of benzene rings is 1. The average Bonchev–Trinajstić information content (AvgIpc) is 3.03. The molecule has 20 heavy (non-hydrogen) atoms. The highest BCUT2D eigenvalue weighted by atomic mass is 16.7. The molecule has 2 fully saturated rings. The lowest BCUT2D eigenvalue weighted by Crippen LogP contribution is -2.48. The summed E-state index contributed by atoms with van der Waals surface area (Å²) < 4.78 is 16.2. The van der Waals surface area contributed by atoms with Gasteiger partial charge in [-0.05, 0) is 12.1 Å². The molecule has 6 heteroatoms. The molecule has 3 rings (SSSR count). The van der Waals surface area contributed by atoms with Gasteiger partial charge in [-0.15, -0.1) is 0 Å². The van der Waals surface area contributed by atoms with Gasteiger partial charge >= 0.3 is 0 Å². The van der Waals surface area contributed by atoms with Crippen LogP contribution in [0.1, 0.15) is 11.9 Å². The van der Waals surface area contributed by atoms with Gasteiger partial charge in [0.1, 0.15) is 6.04 Å². The monoisotopic (exact) mass is 278 g/mol. The molecule has 1 amide bonds. The van der Waals surface area contributed by atoms with Crippen LogP contribution in [-0.2, 0) is 19.0 Å². The summed E-state index contributed by atoms with van der Waals surface area (Å²) in [6.45, 7) is 2.95. The Balaban J connectivity index is 1.64. The number of hydrogen-bond donors (Lipinski definition) is 2. The quantitative estimate of drug-likeness (QED) is 0.850. The number of rotatable bonds is 3. The zero-order chi connectivity index (χ0) is 13.8. The number of carbonyl (C=O) groups is 1. The van der Waals surface area contributed by atoms with Crippen LogP contribution in [-0.4, -0.2) is 44.9 Å². The summed E-state index contributed by atoms with van der Waals surface area (Å²) in [5, 5.41) is 6.01. The van der Waals surface area contributed by atoms with E-state index in [1.807, 2.05) is 24.3 Å². The Kier molecular flexibility index (Phi) is 4.27. The van der Waals surface area contributed by atoms with E-state index in [1.165, 1.54) is 0 Å². The molecular weight excluding hydrogens is 260 g/mol. The van der Waals surface area contributed by atoms with Crippen LogP contribution in [0.15, 0.2) is 24.3 Å². The number of nitrogens with one attached hydrogen (secondary N) is 2. The van der Waals surface area contributed by atoms with Crippen LogP contribution >= 0.6 is 0 Å². The molecule has 6 nitrogen and oxygen atoms in total. The maximum atomic E-state index is 12.1. The third-order valence-electron chi connectivity index (χ3n) is 3.29.